The van der Waals surface area contributed by atoms with Crippen LogP contribution in [0.4, 0.5) is 30.2 Å². The van der Waals surface area contributed by atoms with E-state index in [-0.39, 0.29) is 11.4 Å². The lowest BCUT2D eigenvalue weighted by molar-refractivity contribution is 0.355. The number of halogens is 3. The Kier molecular flexibility index (Phi) is 4.11. The SMILES string of the molecule is COc1cc(N)c(Nc2c(F)cc(F)cc2F)cc1OC. The molecule has 2 aromatic rings. The summed E-state index contributed by atoms with van der Waals surface area (Å²) >= 11 is 0. The average molecular weight is 298 g/mol. The van der Waals surface area contributed by atoms with E-state index < -0.39 is 23.1 Å². The van der Waals surface area contributed by atoms with Crippen molar-refractivity contribution in [1.29, 1.82) is 0 Å². The minimum Gasteiger partial charge on any atom is -0.493 e. The Labute approximate surface area is 119 Å². The monoisotopic (exact) mass is 298 g/mol. The van der Waals surface area contributed by atoms with Crippen molar-refractivity contribution >= 4 is 17.1 Å². The summed E-state index contributed by atoms with van der Waals surface area (Å²) in [5.74, 6) is -2.43. The number of nitrogens with one attached hydrogen (secondary N) is 1. The zero-order chi connectivity index (χ0) is 15.6. The fraction of sp³-hybridized carbons (Fsp3) is 0.143. The molecule has 0 spiro atoms. The number of ether oxygens (including phenoxy) is 2. The van der Waals surface area contributed by atoms with Crippen LogP contribution >= 0.6 is 0 Å². The van der Waals surface area contributed by atoms with E-state index in [1.165, 1.54) is 26.4 Å². The van der Waals surface area contributed by atoms with Crippen molar-refractivity contribution in [2.24, 2.45) is 0 Å². The minimum atomic E-state index is -1.07. The highest BCUT2D eigenvalue weighted by atomic mass is 19.1. The Morgan fingerprint density at radius 3 is 1.95 bits per heavy atom. The maximum absolute atomic E-state index is 13.6. The molecule has 0 aliphatic rings. The molecule has 4 nitrogen and oxygen atoms in total. The largest absolute Gasteiger partial charge is 0.493 e. The molecule has 0 heterocycles. The van der Waals surface area contributed by atoms with Gasteiger partial charge in [-0.15, -0.1) is 0 Å². The van der Waals surface area contributed by atoms with Gasteiger partial charge in [-0.05, 0) is 0 Å². The maximum atomic E-state index is 13.6. The third-order valence-corrected chi connectivity index (χ3v) is 2.82. The number of rotatable bonds is 4. The molecule has 2 aromatic carbocycles. The Hall–Kier alpha value is -2.57. The van der Waals surface area contributed by atoms with Gasteiger partial charge in [0.1, 0.15) is 11.5 Å². The fourth-order valence-corrected chi connectivity index (χ4v) is 1.80. The molecule has 0 atom stereocenters. The molecule has 0 radical (unpaired) electrons. The summed E-state index contributed by atoms with van der Waals surface area (Å²) in [6.07, 6.45) is 0. The van der Waals surface area contributed by atoms with Gasteiger partial charge in [-0.25, -0.2) is 13.2 Å². The predicted molar refractivity (Wildman–Crippen MR) is 73.6 cm³/mol. The first-order valence-corrected chi connectivity index (χ1v) is 5.89. The van der Waals surface area contributed by atoms with E-state index in [0.717, 1.165) is 0 Å². The van der Waals surface area contributed by atoms with Crippen molar-refractivity contribution in [2.45, 2.75) is 0 Å². The van der Waals surface area contributed by atoms with Crippen LogP contribution in [-0.4, -0.2) is 14.2 Å². The second kappa shape index (κ2) is 5.82. The Morgan fingerprint density at radius 1 is 0.905 bits per heavy atom. The Balaban J connectivity index is 2.45. The number of benzene rings is 2. The van der Waals surface area contributed by atoms with Crippen molar-refractivity contribution in [3.8, 4) is 11.5 Å². The van der Waals surface area contributed by atoms with Gasteiger partial charge in [0.05, 0.1) is 25.6 Å². The summed E-state index contributed by atoms with van der Waals surface area (Å²) in [4.78, 5) is 0. The van der Waals surface area contributed by atoms with E-state index in [0.29, 0.717) is 23.6 Å². The fourth-order valence-electron chi connectivity index (χ4n) is 1.80. The van der Waals surface area contributed by atoms with Crippen molar-refractivity contribution < 1.29 is 22.6 Å². The molecule has 2 rings (SSSR count). The zero-order valence-electron chi connectivity index (χ0n) is 11.3. The van der Waals surface area contributed by atoms with Gasteiger partial charge in [0.25, 0.3) is 0 Å². The van der Waals surface area contributed by atoms with Crippen LogP contribution in [0.2, 0.25) is 0 Å². The van der Waals surface area contributed by atoms with Crippen molar-refractivity contribution in [2.75, 3.05) is 25.3 Å². The number of hydrogen-bond acceptors (Lipinski definition) is 4. The quantitative estimate of drug-likeness (QED) is 0.849. The zero-order valence-corrected chi connectivity index (χ0v) is 11.3. The third kappa shape index (κ3) is 2.96. The average Bonchev–Trinajstić information content (AvgIpc) is 2.43. The van der Waals surface area contributed by atoms with E-state index in [1.807, 2.05) is 0 Å². The summed E-state index contributed by atoms with van der Waals surface area (Å²) < 4.78 is 50.2. The number of hydrogen-bond donors (Lipinski definition) is 2. The maximum Gasteiger partial charge on any atom is 0.162 e. The molecular weight excluding hydrogens is 285 g/mol. The van der Waals surface area contributed by atoms with Gasteiger partial charge in [0.2, 0.25) is 0 Å². The molecule has 0 saturated carbocycles. The van der Waals surface area contributed by atoms with Crippen LogP contribution in [0.15, 0.2) is 24.3 Å². The highest BCUT2D eigenvalue weighted by molar-refractivity contribution is 5.77. The molecule has 0 aliphatic carbocycles. The summed E-state index contributed by atoms with van der Waals surface area (Å²) in [6.45, 7) is 0. The molecule has 112 valence electrons. The molecule has 0 unspecified atom stereocenters. The van der Waals surface area contributed by atoms with Gasteiger partial charge < -0.3 is 20.5 Å². The van der Waals surface area contributed by atoms with Gasteiger partial charge in [0.15, 0.2) is 23.1 Å². The van der Waals surface area contributed by atoms with Crippen LogP contribution in [0.5, 0.6) is 11.5 Å². The Bertz CT molecular complexity index is 655. The van der Waals surface area contributed by atoms with Crippen LogP contribution in [0.1, 0.15) is 0 Å². The van der Waals surface area contributed by atoms with Gasteiger partial charge in [0, 0.05) is 24.3 Å². The van der Waals surface area contributed by atoms with E-state index in [9.17, 15) is 13.2 Å². The third-order valence-electron chi connectivity index (χ3n) is 2.82. The summed E-state index contributed by atoms with van der Waals surface area (Å²) in [5.41, 5.74) is 5.67. The molecule has 3 N–H and O–H groups in total. The van der Waals surface area contributed by atoms with Crippen LogP contribution in [0.25, 0.3) is 0 Å². The van der Waals surface area contributed by atoms with Crippen LogP contribution in [0, 0.1) is 17.5 Å². The molecule has 0 saturated heterocycles. The first-order valence-electron chi connectivity index (χ1n) is 5.89. The van der Waals surface area contributed by atoms with E-state index >= 15 is 0 Å². The number of anilines is 3. The molecular formula is C14H13F3N2O2. The van der Waals surface area contributed by atoms with E-state index in [1.54, 1.807) is 0 Å². The second-order valence-electron chi connectivity index (χ2n) is 4.16. The van der Waals surface area contributed by atoms with Crippen LogP contribution < -0.4 is 20.5 Å². The number of nitrogen functional groups attached to an aromatic ring is 1. The van der Waals surface area contributed by atoms with Gasteiger partial charge in [-0.3, -0.25) is 0 Å². The van der Waals surface area contributed by atoms with E-state index in [4.69, 9.17) is 15.2 Å². The molecule has 7 heteroatoms. The summed E-state index contributed by atoms with van der Waals surface area (Å²) in [7, 11) is 2.85. The van der Waals surface area contributed by atoms with Gasteiger partial charge in [-0.1, -0.05) is 0 Å². The van der Waals surface area contributed by atoms with Gasteiger partial charge >= 0.3 is 0 Å². The van der Waals surface area contributed by atoms with Crippen molar-refractivity contribution in [3.63, 3.8) is 0 Å². The smallest absolute Gasteiger partial charge is 0.162 e. The summed E-state index contributed by atoms with van der Waals surface area (Å²) in [6, 6.07) is 4.02. The topological polar surface area (TPSA) is 56.5 Å². The Morgan fingerprint density at radius 2 is 1.43 bits per heavy atom. The molecule has 0 bridgehead atoms. The van der Waals surface area contributed by atoms with Crippen molar-refractivity contribution in [1.82, 2.24) is 0 Å². The number of nitrogens with two attached hydrogens (primary N) is 1. The van der Waals surface area contributed by atoms with Crippen LogP contribution in [0.3, 0.4) is 0 Å². The first-order chi connectivity index (χ1) is 9.96. The van der Waals surface area contributed by atoms with Crippen molar-refractivity contribution in [3.05, 3.63) is 41.7 Å². The molecule has 0 amide bonds. The highest BCUT2D eigenvalue weighted by Gasteiger charge is 2.15. The van der Waals surface area contributed by atoms with Crippen LogP contribution in [-0.2, 0) is 0 Å². The normalized spacial score (nSPS) is 10.3. The van der Waals surface area contributed by atoms with E-state index in [2.05, 4.69) is 5.32 Å². The second-order valence-corrected chi connectivity index (χ2v) is 4.16. The molecule has 0 fully saturated rings. The number of methoxy groups -OCH3 is 2. The molecule has 21 heavy (non-hydrogen) atoms. The highest BCUT2D eigenvalue weighted by Crippen LogP contribution is 2.37. The lowest BCUT2D eigenvalue weighted by Gasteiger charge is -2.15. The van der Waals surface area contributed by atoms with Gasteiger partial charge in [-0.2, -0.15) is 0 Å². The minimum absolute atomic E-state index is 0.191. The predicted octanol–water partition coefficient (Wildman–Crippen LogP) is 3.45. The molecule has 0 aliphatic heterocycles. The first kappa shape index (κ1) is 14.8. The summed E-state index contributed by atoms with van der Waals surface area (Å²) in [5, 5.41) is 2.48. The molecule has 0 aromatic heterocycles. The lowest BCUT2D eigenvalue weighted by Crippen LogP contribution is -2.03. The lowest BCUT2D eigenvalue weighted by atomic mass is 10.2. The standard InChI is InChI=1S/C14H13F3N2O2/c1-20-12-5-10(18)11(6-13(12)21-2)19-14-8(16)3-7(15)4-9(14)17/h3-6,19H,18H2,1-2H3.